The van der Waals surface area contributed by atoms with Gasteiger partial charge in [0.1, 0.15) is 30.2 Å². The van der Waals surface area contributed by atoms with Crippen molar-refractivity contribution in [3.8, 4) is 0 Å². The first-order valence-corrected chi connectivity index (χ1v) is 8.43. The number of hydrogen-bond donors (Lipinski definition) is 5. The molecule has 0 aromatic carbocycles. The number of aliphatic hydroxyl groups excluding tert-OH is 2. The second kappa shape index (κ2) is 6.25. The third-order valence-corrected chi connectivity index (χ3v) is 4.54. The summed E-state index contributed by atoms with van der Waals surface area (Å²) in [5.74, 6) is 0.170. The zero-order valence-electron chi connectivity index (χ0n) is 12.3. The molecule has 0 bridgehead atoms. The summed E-state index contributed by atoms with van der Waals surface area (Å²) in [7, 11) is -3.84. The number of nitrogens with two attached hydrogens (primary N) is 1. The molecule has 0 radical (unpaired) electrons. The first-order valence-electron chi connectivity index (χ1n) is 6.82. The predicted octanol–water partition coefficient (Wildman–Crippen LogP) is -1.62. The molecule has 1 unspecified atom stereocenters. The van der Waals surface area contributed by atoms with Crippen LogP contribution in [-0.4, -0.2) is 69.9 Å². The largest absolute Gasteiger partial charge is 0.387 e. The van der Waals surface area contributed by atoms with Gasteiger partial charge in [0.15, 0.2) is 17.7 Å². The van der Waals surface area contributed by atoms with E-state index in [-0.39, 0.29) is 12.4 Å². The molecule has 130 valence electrons. The van der Waals surface area contributed by atoms with Crippen LogP contribution in [-0.2, 0) is 9.26 Å². The minimum Gasteiger partial charge on any atom is -0.387 e. The van der Waals surface area contributed by atoms with Gasteiger partial charge in [-0.05, 0) is 0 Å². The zero-order valence-corrected chi connectivity index (χ0v) is 13.2. The van der Waals surface area contributed by atoms with Crippen LogP contribution in [0, 0.1) is 0 Å². The van der Waals surface area contributed by atoms with Crippen molar-refractivity contribution >= 4 is 30.0 Å². The van der Waals surface area contributed by atoms with Gasteiger partial charge in [0.25, 0.3) is 7.57 Å². The fourth-order valence-electron chi connectivity index (χ4n) is 2.38. The van der Waals surface area contributed by atoms with Gasteiger partial charge >= 0.3 is 0 Å². The van der Waals surface area contributed by atoms with Crippen molar-refractivity contribution in [2.45, 2.75) is 24.5 Å². The lowest BCUT2D eigenvalue weighted by molar-refractivity contribution is -0.0487. The standard InChI is InChI=1S/C12H16N5O6P/c1-2-24(20,21)22-3-6-8(18)9(19)12(23-6)17-5-16-7-10(13)14-4-15-11(7)17/h4-6,8-9,12,18-21H,1,3H2,(H2,13,14,15)/t6-,8+,9?,12-/m1/s1. The number of hydrogen-bond acceptors (Lipinski definition) is 10. The molecule has 0 amide bonds. The van der Waals surface area contributed by atoms with Crippen LogP contribution >= 0.6 is 7.57 Å². The van der Waals surface area contributed by atoms with Crippen molar-refractivity contribution in [2.75, 3.05) is 12.3 Å². The van der Waals surface area contributed by atoms with Gasteiger partial charge in [0, 0.05) is 0 Å². The van der Waals surface area contributed by atoms with Gasteiger partial charge in [-0.15, -0.1) is 0 Å². The second-order valence-electron chi connectivity index (χ2n) is 5.13. The molecule has 1 aliphatic heterocycles. The van der Waals surface area contributed by atoms with Crippen LogP contribution in [0.4, 0.5) is 5.82 Å². The van der Waals surface area contributed by atoms with E-state index in [4.69, 9.17) is 15.0 Å². The maximum Gasteiger partial charge on any atom is 0.298 e. The maximum absolute atomic E-state index is 10.2. The van der Waals surface area contributed by atoms with E-state index in [9.17, 15) is 20.0 Å². The quantitative estimate of drug-likeness (QED) is 0.401. The summed E-state index contributed by atoms with van der Waals surface area (Å²) < 4.78 is 11.8. The number of anilines is 1. The Morgan fingerprint density at radius 2 is 2.08 bits per heavy atom. The molecule has 24 heavy (non-hydrogen) atoms. The minimum absolute atomic E-state index is 0.170. The molecule has 4 atom stereocenters. The summed E-state index contributed by atoms with van der Waals surface area (Å²) in [5, 5.41) is 20.3. The Labute approximate surface area is 135 Å². The van der Waals surface area contributed by atoms with Crippen LogP contribution < -0.4 is 5.73 Å². The van der Waals surface area contributed by atoms with Crippen LogP contribution in [0.2, 0.25) is 0 Å². The number of rotatable bonds is 4. The highest BCUT2D eigenvalue weighted by Gasteiger charge is 2.44. The van der Waals surface area contributed by atoms with E-state index in [1.807, 2.05) is 5.45 Å². The first-order chi connectivity index (χ1) is 11.3. The van der Waals surface area contributed by atoms with Crippen LogP contribution in [0.1, 0.15) is 6.23 Å². The molecule has 0 aliphatic carbocycles. The summed E-state index contributed by atoms with van der Waals surface area (Å²) in [6.07, 6.45) is -2.06. The summed E-state index contributed by atoms with van der Waals surface area (Å²) in [5.41, 5.74) is 8.33. The Kier molecular flexibility index (Phi) is 4.43. The Balaban J connectivity index is 1.84. The van der Waals surface area contributed by atoms with Gasteiger partial charge in [-0.25, -0.2) is 15.0 Å². The number of nitrogens with zero attached hydrogens (tertiary/aromatic N) is 4. The van der Waals surface area contributed by atoms with E-state index in [0.29, 0.717) is 11.2 Å². The lowest BCUT2D eigenvalue weighted by atomic mass is 10.1. The highest BCUT2D eigenvalue weighted by Crippen LogP contribution is 2.39. The second-order valence-corrected chi connectivity index (χ2v) is 6.79. The molecule has 2 aromatic heterocycles. The average molecular weight is 357 g/mol. The fraction of sp³-hybridized carbons (Fsp3) is 0.417. The summed E-state index contributed by atoms with van der Waals surface area (Å²) >= 11 is 0. The predicted molar refractivity (Wildman–Crippen MR) is 83.6 cm³/mol. The Morgan fingerprint density at radius 1 is 1.33 bits per heavy atom. The van der Waals surface area contributed by atoms with Crippen LogP contribution in [0.25, 0.3) is 11.2 Å². The van der Waals surface area contributed by atoms with Crippen LogP contribution in [0.5, 0.6) is 0 Å². The Morgan fingerprint density at radius 3 is 2.79 bits per heavy atom. The van der Waals surface area contributed by atoms with Gasteiger partial charge in [0.2, 0.25) is 0 Å². The summed E-state index contributed by atoms with van der Waals surface area (Å²) in [6.45, 7) is 2.74. The number of fused-ring (bicyclic) bond motifs is 1. The third-order valence-electron chi connectivity index (χ3n) is 3.62. The highest BCUT2D eigenvalue weighted by molar-refractivity contribution is 7.58. The maximum atomic E-state index is 10.2. The number of aliphatic hydroxyl groups is 2. The molecule has 1 fully saturated rings. The fourth-order valence-corrected chi connectivity index (χ4v) is 2.82. The monoisotopic (exact) mass is 357 g/mol. The molecule has 0 spiro atoms. The molecule has 0 saturated carbocycles. The molecule has 3 rings (SSSR count). The van der Waals surface area contributed by atoms with Crippen molar-refractivity contribution in [3.63, 3.8) is 0 Å². The van der Waals surface area contributed by atoms with Crippen LogP contribution in [0.15, 0.2) is 19.2 Å². The first kappa shape index (κ1) is 17.0. The SMILES string of the molecule is C=C=P(O)(O)OC[C@H]1O[C@@H](n2cnc3c(N)ncnc32)C(O)[C@H]1O. The van der Waals surface area contributed by atoms with E-state index in [1.165, 1.54) is 17.2 Å². The number of imidazole rings is 1. The molecule has 3 heterocycles. The molecular weight excluding hydrogens is 341 g/mol. The van der Waals surface area contributed by atoms with E-state index in [0.717, 1.165) is 0 Å². The third kappa shape index (κ3) is 2.95. The van der Waals surface area contributed by atoms with Gasteiger partial charge < -0.3 is 35.0 Å². The topological polar surface area (TPSA) is 169 Å². The normalized spacial score (nSPS) is 27.5. The lowest BCUT2D eigenvalue weighted by Gasteiger charge is -2.17. The van der Waals surface area contributed by atoms with Gasteiger partial charge in [0.05, 0.1) is 12.9 Å². The lowest BCUT2D eigenvalue weighted by Crippen LogP contribution is -2.33. The molecule has 1 saturated heterocycles. The number of nitrogen functional groups attached to an aromatic ring is 1. The van der Waals surface area contributed by atoms with Crippen LogP contribution in [0.3, 0.4) is 0 Å². The van der Waals surface area contributed by atoms with Crippen molar-refractivity contribution in [2.24, 2.45) is 0 Å². The van der Waals surface area contributed by atoms with E-state index in [1.54, 1.807) is 0 Å². The molecular formula is C12H16N5O6P. The smallest absolute Gasteiger partial charge is 0.298 e. The van der Waals surface area contributed by atoms with Gasteiger partial charge in [-0.1, -0.05) is 12.0 Å². The molecule has 11 nitrogen and oxygen atoms in total. The zero-order chi connectivity index (χ0) is 17.5. The van der Waals surface area contributed by atoms with Crippen molar-refractivity contribution < 1.29 is 29.3 Å². The van der Waals surface area contributed by atoms with Crippen molar-refractivity contribution in [3.05, 3.63) is 19.2 Å². The summed E-state index contributed by atoms with van der Waals surface area (Å²) in [6, 6.07) is 0. The van der Waals surface area contributed by atoms with Crippen molar-refractivity contribution in [1.82, 2.24) is 19.5 Å². The number of ether oxygens (including phenoxy) is 1. The highest BCUT2D eigenvalue weighted by atomic mass is 31.2. The van der Waals surface area contributed by atoms with Crippen molar-refractivity contribution in [1.29, 1.82) is 0 Å². The Bertz CT molecular complexity index is 830. The van der Waals surface area contributed by atoms with E-state index >= 15 is 0 Å². The molecule has 12 heteroatoms. The van der Waals surface area contributed by atoms with Gasteiger partial charge in [-0.2, -0.15) is 0 Å². The minimum atomic E-state index is -3.84. The average Bonchev–Trinajstić information content (AvgIpc) is 3.10. The molecule has 6 N–H and O–H groups in total. The Hall–Kier alpha value is -1.81. The molecule has 2 aromatic rings. The van der Waals surface area contributed by atoms with E-state index in [2.05, 4.69) is 21.5 Å². The molecule has 1 aliphatic rings. The van der Waals surface area contributed by atoms with Gasteiger partial charge in [-0.3, -0.25) is 4.57 Å². The van der Waals surface area contributed by atoms with E-state index < -0.39 is 32.1 Å². The number of aromatic nitrogens is 4. The summed E-state index contributed by atoms with van der Waals surface area (Å²) in [4.78, 5) is 30.7.